The number of aliphatic carboxylic acids is 1. The van der Waals surface area contributed by atoms with E-state index in [4.69, 9.17) is 18.9 Å². The molecular formula is C83H164NO8+. The Morgan fingerprint density at radius 3 is 0.696 bits per heavy atom. The van der Waals surface area contributed by atoms with E-state index in [9.17, 15) is 19.5 Å². The summed E-state index contributed by atoms with van der Waals surface area (Å²) in [7, 11) is 6.01. The second-order valence-corrected chi connectivity index (χ2v) is 30.2. The van der Waals surface area contributed by atoms with Gasteiger partial charge in [0.25, 0.3) is 6.29 Å². The third kappa shape index (κ3) is 75.7. The van der Waals surface area contributed by atoms with Gasteiger partial charge in [0.1, 0.15) is 13.2 Å². The van der Waals surface area contributed by atoms with Gasteiger partial charge in [-0.05, 0) is 12.8 Å². The first-order valence-electron chi connectivity index (χ1n) is 41.7. The lowest BCUT2D eigenvalue weighted by atomic mass is 10.0. The van der Waals surface area contributed by atoms with E-state index >= 15 is 0 Å². The highest BCUT2D eigenvalue weighted by atomic mass is 16.7. The van der Waals surface area contributed by atoms with Crippen molar-refractivity contribution < 1.29 is 42.9 Å². The number of hydrogen-bond acceptors (Lipinski definition) is 7. The van der Waals surface area contributed by atoms with Gasteiger partial charge in [-0.2, -0.15) is 0 Å². The predicted molar refractivity (Wildman–Crippen MR) is 397 cm³/mol. The van der Waals surface area contributed by atoms with Crippen LogP contribution in [-0.4, -0.2) is 87.4 Å². The summed E-state index contributed by atoms with van der Waals surface area (Å²) < 4.78 is 23.1. The third-order valence-electron chi connectivity index (χ3n) is 19.6. The molecule has 0 bridgehead atoms. The highest BCUT2D eigenvalue weighted by molar-refractivity contribution is 5.71. The molecule has 0 rings (SSSR count). The fourth-order valence-corrected chi connectivity index (χ4v) is 13.3. The Labute approximate surface area is 574 Å². The average Bonchev–Trinajstić information content (AvgIpc) is 3.70. The number of hydrogen-bond donors (Lipinski definition) is 1. The van der Waals surface area contributed by atoms with E-state index in [1.807, 2.05) is 21.1 Å². The van der Waals surface area contributed by atoms with Crippen molar-refractivity contribution in [2.24, 2.45) is 0 Å². The van der Waals surface area contributed by atoms with Crippen LogP contribution in [0.15, 0.2) is 0 Å². The van der Waals surface area contributed by atoms with E-state index in [0.717, 1.165) is 38.5 Å². The van der Waals surface area contributed by atoms with Crippen LogP contribution in [0.3, 0.4) is 0 Å². The predicted octanol–water partition coefficient (Wildman–Crippen LogP) is 26.5. The van der Waals surface area contributed by atoms with Crippen molar-refractivity contribution in [2.75, 3.05) is 47.5 Å². The number of unbranched alkanes of at least 4 members (excludes halogenated alkanes) is 65. The molecule has 0 saturated carbocycles. The van der Waals surface area contributed by atoms with Crippen LogP contribution >= 0.6 is 0 Å². The average molecular weight is 1300 g/mol. The zero-order chi connectivity index (χ0) is 66.8. The van der Waals surface area contributed by atoms with Gasteiger partial charge in [-0.15, -0.1) is 0 Å². The van der Waals surface area contributed by atoms with Crippen molar-refractivity contribution in [3.63, 3.8) is 0 Å². The van der Waals surface area contributed by atoms with Crippen molar-refractivity contribution in [3.05, 3.63) is 0 Å². The second kappa shape index (κ2) is 75.1. The Kier molecular flexibility index (Phi) is 73.7. The molecule has 9 heteroatoms. The van der Waals surface area contributed by atoms with Gasteiger partial charge in [0.15, 0.2) is 6.10 Å². The number of nitrogens with zero attached hydrogens (tertiary/aromatic N) is 1. The van der Waals surface area contributed by atoms with Crippen LogP contribution in [0.4, 0.5) is 0 Å². The monoisotopic (exact) mass is 1300 g/mol. The fraction of sp³-hybridized carbons (Fsp3) is 0.964. The third-order valence-corrected chi connectivity index (χ3v) is 19.6. The molecule has 0 aliphatic rings. The summed E-state index contributed by atoms with van der Waals surface area (Å²) in [5.41, 5.74) is 0. The second-order valence-electron chi connectivity index (χ2n) is 30.2. The van der Waals surface area contributed by atoms with E-state index in [0.29, 0.717) is 17.4 Å². The first-order chi connectivity index (χ1) is 45.1. The molecule has 92 heavy (non-hydrogen) atoms. The van der Waals surface area contributed by atoms with Crippen molar-refractivity contribution >= 4 is 17.9 Å². The molecule has 2 atom stereocenters. The Morgan fingerprint density at radius 2 is 0.489 bits per heavy atom. The Balaban J connectivity index is 3.92. The van der Waals surface area contributed by atoms with Gasteiger partial charge in [0.2, 0.25) is 0 Å². The van der Waals surface area contributed by atoms with Crippen LogP contribution in [0.1, 0.15) is 457 Å². The lowest BCUT2D eigenvalue weighted by Crippen LogP contribution is -2.40. The number of esters is 2. The number of carboxylic acids is 1. The molecule has 1 N–H and O–H groups in total. The molecule has 0 heterocycles. The molecule has 0 amide bonds. The van der Waals surface area contributed by atoms with E-state index in [-0.39, 0.29) is 38.2 Å². The molecule has 548 valence electrons. The number of ether oxygens (including phenoxy) is 4. The SMILES string of the molecule is CCCCCCCCCCCCCCCCCCCCCCCCCCCCCCCCCCCCCC(=O)OC(COC(=O)CCCCCCCCCCCCCCCCCCCCCCCCCCCCCCCCCC)COC(OCC[N+](C)(C)C)C(=O)O. The van der Waals surface area contributed by atoms with E-state index in [1.165, 1.54) is 392 Å². The van der Waals surface area contributed by atoms with Crippen LogP contribution in [-0.2, 0) is 33.3 Å². The summed E-state index contributed by atoms with van der Waals surface area (Å²) in [6.45, 7) is 4.99. The number of rotatable bonds is 80. The highest BCUT2D eigenvalue weighted by Gasteiger charge is 2.25. The minimum Gasteiger partial charge on any atom is -0.477 e. The van der Waals surface area contributed by atoms with Gasteiger partial charge < -0.3 is 28.5 Å². The van der Waals surface area contributed by atoms with Gasteiger partial charge in [-0.25, -0.2) is 4.79 Å². The summed E-state index contributed by atoms with van der Waals surface area (Å²) in [6, 6.07) is 0. The number of carboxylic acid groups (broad SMARTS) is 1. The fourth-order valence-electron chi connectivity index (χ4n) is 13.3. The summed E-state index contributed by atoms with van der Waals surface area (Å²) in [6.07, 6.45) is 90.0. The van der Waals surface area contributed by atoms with Crippen molar-refractivity contribution in [2.45, 2.75) is 469 Å². The largest absolute Gasteiger partial charge is 0.477 e. The van der Waals surface area contributed by atoms with Crippen LogP contribution in [0.25, 0.3) is 0 Å². The lowest BCUT2D eigenvalue weighted by Gasteiger charge is -2.25. The summed E-state index contributed by atoms with van der Waals surface area (Å²) in [4.78, 5) is 37.8. The topological polar surface area (TPSA) is 108 Å². The number of likely N-dealkylation sites (N-methyl/N-ethyl adjacent to an activating group) is 1. The van der Waals surface area contributed by atoms with Crippen LogP contribution < -0.4 is 0 Å². The maximum atomic E-state index is 13.0. The molecule has 0 aromatic rings. The molecular weight excluding hydrogens is 1140 g/mol. The van der Waals surface area contributed by atoms with E-state index in [2.05, 4.69) is 13.8 Å². The van der Waals surface area contributed by atoms with Crippen molar-refractivity contribution in [1.29, 1.82) is 0 Å². The molecule has 9 nitrogen and oxygen atoms in total. The Hall–Kier alpha value is -1.71. The van der Waals surface area contributed by atoms with Gasteiger partial charge in [0.05, 0.1) is 34.4 Å². The van der Waals surface area contributed by atoms with Gasteiger partial charge in [-0.3, -0.25) is 9.59 Å². The Bertz CT molecular complexity index is 1470. The lowest BCUT2D eigenvalue weighted by molar-refractivity contribution is -0.870. The smallest absolute Gasteiger partial charge is 0.361 e. The minimum absolute atomic E-state index is 0.172. The first-order valence-corrected chi connectivity index (χ1v) is 41.7. The Morgan fingerprint density at radius 1 is 0.283 bits per heavy atom. The maximum absolute atomic E-state index is 13.0. The van der Waals surface area contributed by atoms with E-state index in [1.54, 1.807) is 0 Å². The van der Waals surface area contributed by atoms with Gasteiger partial charge in [-0.1, -0.05) is 431 Å². The standard InChI is InChI=1S/C83H163NO8/c1-6-8-10-12-14-16-18-20-22-24-26-28-30-32-34-36-38-40-41-42-44-46-48-50-52-54-56-58-60-62-64-66-68-70-72-74-81(86)92-79(78-91-83(82(87)88)89-76-75-84(3,4)5)77-90-80(85)73-71-69-67-65-63-61-59-57-55-53-51-49-47-45-43-39-37-35-33-31-29-27-25-23-21-19-17-15-13-11-9-7-2/h79,83H,6-78H2,1-5H3/p+1. The summed E-state index contributed by atoms with van der Waals surface area (Å²) in [5, 5.41) is 9.78. The van der Waals surface area contributed by atoms with Crippen LogP contribution in [0.5, 0.6) is 0 Å². The van der Waals surface area contributed by atoms with Crippen LogP contribution in [0, 0.1) is 0 Å². The number of quaternary nitrogens is 1. The van der Waals surface area contributed by atoms with Gasteiger partial charge in [0, 0.05) is 12.8 Å². The zero-order valence-electron chi connectivity index (χ0n) is 63.0. The summed E-state index contributed by atoms with van der Waals surface area (Å²) >= 11 is 0. The molecule has 2 unspecified atom stereocenters. The number of carbonyl (C=O) groups excluding carboxylic acids is 2. The normalized spacial score (nSPS) is 12.5. The molecule has 0 spiro atoms. The molecule has 0 aliphatic carbocycles. The number of carbonyl (C=O) groups is 3. The van der Waals surface area contributed by atoms with Crippen molar-refractivity contribution in [3.8, 4) is 0 Å². The van der Waals surface area contributed by atoms with Crippen molar-refractivity contribution in [1.82, 2.24) is 0 Å². The molecule has 0 aromatic heterocycles. The molecule has 0 fully saturated rings. The molecule has 0 aliphatic heterocycles. The summed E-state index contributed by atoms with van der Waals surface area (Å²) in [5.74, 6) is -1.96. The van der Waals surface area contributed by atoms with E-state index < -0.39 is 18.4 Å². The molecule has 0 saturated heterocycles. The quantitative estimate of drug-likeness (QED) is 0.0278. The zero-order valence-corrected chi connectivity index (χ0v) is 63.0. The first kappa shape index (κ1) is 90.3. The van der Waals surface area contributed by atoms with Crippen LogP contribution in [0.2, 0.25) is 0 Å². The molecule has 0 aromatic carbocycles. The molecule has 0 radical (unpaired) electrons. The maximum Gasteiger partial charge on any atom is 0.361 e. The highest BCUT2D eigenvalue weighted by Crippen LogP contribution is 2.21. The van der Waals surface area contributed by atoms with Gasteiger partial charge >= 0.3 is 17.9 Å². The minimum atomic E-state index is -1.51.